The third kappa shape index (κ3) is 6.68. The van der Waals surface area contributed by atoms with Crippen LogP contribution in [-0.2, 0) is 0 Å². The summed E-state index contributed by atoms with van der Waals surface area (Å²) in [7, 11) is 0. The predicted molar refractivity (Wildman–Crippen MR) is 129 cm³/mol. The van der Waals surface area contributed by atoms with E-state index >= 15 is 0 Å². The molecule has 156 valence electrons. The Balaban J connectivity index is 0.000000179. The number of ether oxygens (including phenoxy) is 1. The Morgan fingerprint density at radius 1 is 0.484 bits per heavy atom. The van der Waals surface area contributed by atoms with Crippen LogP contribution < -0.4 is 4.74 Å². The van der Waals surface area contributed by atoms with Gasteiger partial charge in [-0.05, 0) is 63.1 Å². The smallest absolute Gasteiger partial charge is 0.343 e. The molecular weight excluding hydrogens is 380 g/mol. The zero-order valence-corrected chi connectivity index (χ0v) is 18.6. The van der Waals surface area contributed by atoms with Gasteiger partial charge in [-0.3, -0.25) is 0 Å². The molecular formula is C29H28O2. The van der Waals surface area contributed by atoms with Crippen LogP contribution in [0.15, 0.2) is 97.1 Å². The van der Waals surface area contributed by atoms with Crippen LogP contribution in [-0.4, -0.2) is 5.97 Å². The normalized spacial score (nSPS) is 10.1. The van der Waals surface area contributed by atoms with Crippen LogP contribution in [0.2, 0.25) is 0 Å². The van der Waals surface area contributed by atoms with Gasteiger partial charge >= 0.3 is 5.97 Å². The lowest BCUT2D eigenvalue weighted by molar-refractivity contribution is 0.0734. The highest BCUT2D eigenvalue weighted by Crippen LogP contribution is 2.20. The van der Waals surface area contributed by atoms with Gasteiger partial charge in [0.15, 0.2) is 0 Å². The van der Waals surface area contributed by atoms with Gasteiger partial charge in [-0.1, -0.05) is 95.1 Å². The highest BCUT2D eigenvalue weighted by atomic mass is 16.5. The third-order valence-corrected chi connectivity index (χ3v) is 4.96. The number of carbonyl (C=O) groups excluding carboxylic acids is 1. The van der Waals surface area contributed by atoms with E-state index in [1.54, 1.807) is 24.3 Å². The Morgan fingerprint density at radius 3 is 1.19 bits per heavy atom. The van der Waals surface area contributed by atoms with Crippen molar-refractivity contribution in [3.05, 3.63) is 125 Å². The fraction of sp³-hybridized carbons (Fsp3) is 0.138. The molecule has 0 aromatic heterocycles. The van der Waals surface area contributed by atoms with Crippen LogP contribution in [0, 0.1) is 27.7 Å². The Hall–Kier alpha value is -3.65. The molecule has 0 atom stereocenters. The summed E-state index contributed by atoms with van der Waals surface area (Å²) in [4.78, 5) is 11.8. The maximum Gasteiger partial charge on any atom is 0.343 e. The van der Waals surface area contributed by atoms with E-state index < -0.39 is 0 Å². The Kier molecular flexibility index (Phi) is 7.40. The van der Waals surface area contributed by atoms with E-state index in [-0.39, 0.29) is 5.97 Å². The molecule has 4 aromatic rings. The fourth-order valence-electron chi connectivity index (χ4n) is 2.95. The molecule has 0 radical (unpaired) electrons. The van der Waals surface area contributed by atoms with E-state index in [0.717, 1.165) is 11.1 Å². The second kappa shape index (κ2) is 10.4. The van der Waals surface area contributed by atoms with Gasteiger partial charge < -0.3 is 4.74 Å². The first kappa shape index (κ1) is 22.0. The molecule has 0 N–H and O–H groups in total. The molecule has 0 aliphatic carbocycles. The molecule has 0 aliphatic rings. The zero-order valence-electron chi connectivity index (χ0n) is 18.6. The standard InChI is InChI=1S/C15H14O2.C14H14/c1-11-3-7-13(8-4-11)15(16)17-14-9-5-12(2)6-10-14;1-11-3-7-13(8-4-11)14-9-5-12(2)6-10-14/h3-10H,1-2H3;3-10H,1-2H3. The topological polar surface area (TPSA) is 26.3 Å². The average Bonchev–Trinajstić information content (AvgIpc) is 2.77. The maximum atomic E-state index is 11.8. The van der Waals surface area contributed by atoms with Crippen LogP contribution in [0.4, 0.5) is 0 Å². The summed E-state index contributed by atoms with van der Waals surface area (Å²) < 4.78 is 5.26. The Labute approximate surface area is 185 Å². The molecule has 2 nitrogen and oxygen atoms in total. The Morgan fingerprint density at radius 2 is 0.806 bits per heavy atom. The van der Waals surface area contributed by atoms with Gasteiger partial charge in [0.1, 0.15) is 5.75 Å². The number of hydrogen-bond donors (Lipinski definition) is 0. The van der Waals surface area contributed by atoms with Gasteiger partial charge in [-0.15, -0.1) is 0 Å². The largest absolute Gasteiger partial charge is 0.423 e. The van der Waals surface area contributed by atoms with E-state index in [1.165, 1.54) is 22.3 Å². The minimum absolute atomic E-state index is 0.325. The van der Waals surface area contributed by atoms with Crippen molar-refractivity contribution in [1.29, 1.82) is 0 Å². The van der Waals surface area contributed by atoms with Gasteiger partial charge in [0.2, 0.25) is 0 Å². The molecule has 0 saturated carbocycles. The molecule has 0 unspecified atom stereocenters. The van der Waals surface area contributed by atoms with Crippen molar-refractivity contribution in [2.45, 2.75) is 27.7 Å². The highest BCUT2D eigenvalue weighted by molar-refractivity contribution is 5.91. The van der Waals surface area contributed by atoms with Crippen molar-refractivity contribution in [2.75, 3.05) is 0 Å². The average molecular weight is 409 g/mol. The molecule has 0 bridgehead atoms. The molecule has 0 heterocycles. The molecule has 4 aromatic carbocycles. The van der Waals surface area contributed by atoms with Crippen molar-refractivity contribution in [3.63, 3.8) is 0 Å². The van der Waals surface area contributed by atoms with Crippen LogP contribution in [0.3, 0.4) is 0 Å². The fourth-order valence-corrected chi connectivity index (χ4v) is 2.95. The second-order valence-electron chi connectivity index (χ2n) is 7.80. The minimum Gasteiger partial charge on any atom is -0.423 e. The van der Waals surface area contributed by atoms with Gasteiger partial charge in [-0.2, -0.15) is 0 Å². The summed E-state index contributed by atoms with van der Waals surface area (Å²) in [6.07, 6.45) is 0. The number of esters is 1. The summed E-state index contributed by atoms with van der Waals surface area (Å²) >= 11 is 0. The van der Waals surface area contributed by atoms with Crippen LogP contribution in [0.1, 0.15) is 32.6 Å². The first-order valence-corrected chi connectivity index (χ1v) is 10.4. The summed E-state index contributed by atoms with van der Waals surface area (Å²) in [5, 5.41) is 0. The molecule has 4 rings (SSSR count). The third-order valence-electron chi connectivity index (χ3n) is 4.96. The molecule has 2 heteroatoms. The van der Waals surface area contributed by atoms with Gasteiger partial charge in [0, 0.05) is 0 Å². The number of carbonyl (C=O) groups is 1. The van der Waals surface area contributed by atoms with Gasteiger partial charge in [-0.25, -0.2) is 4.79 Å². The van der Waals surface area contributed by atoms with E-state index in [0.29, 0.717) is 11.3 Å². The number of hydrogen-bond acceptors (Lipinski definition) is 2. The second-order valence-corrected chi connectivity index (χ2v) is 7.80. The first-order valence-electron chi connectivity index (χ1n) is 10.4. The minimum atomic E-state index is -0.325. The van der Waals surface area contributed by atoms with Gasteiger partial charge in [0.25, 0.3) is 0 Å². The zero-order chi connectivity index (χ0) is 22.2. The van der Waals surface area contributed by atoms with Crippen molar-refractivity contribution < 1.29 is 9.53 Å². The molecule has 0 aliphatic heterocycles. The molecule has 0 fully saturated rings. The molecule has 0 amide bonds. The van der Waals surface area contributed by atoms with Crippen LogP contribution >= 0.6 is 0 Å². The quantitative estimate of drug-likeness (QED) is 0.259. The highest BCUT2D eigenvalue weighted by Gasteiger charge is 2.07. The summed E-state index contributed by atoms with van der Waals surface area (Å²) in [6, 6.07) is 32.0. The van der Waals surface area contributed by atoms with Crippen molar-refractivity contribution in [3.8, 4) is 16.9 Å². The summed E-state index contributed by atoms with van der Waals surface area (Å²) in [5.74, 6) is 0.245. The molecule has 31 heavy (non-hydrogen) atoms. The van der Waals surface area contributed by atoms with E-state index in [2.05, 4.69) is 62.4 Å². The summed E-state index contributed by atoms with van der Waals surface area (Å²) in [6.45, 7) is 8.19. The van der Waals surface area contributed by atoms with Crippen molar-refractivity contribution >= 4 is 5.97 Å². The lowest BCUT2D eigenvalue weighted by Crippen LogP contribution is -2.08. The van der Waals surface area contributed by atoms with E-state index in [1.807, 2.05) is 38.1 Å². The van der Waals surface area contributed by atoms with Crippen LogP contribution in [0.5, 0.6) is 5.75 Å². The number of benzene rings is 4. The Bertz CT molecular complexity index is 1060. The van der Waals surface area contributed by atoms with Gasteiger partial charge in [0.05, 0.1) is 5.56 Å². The van der Waals surface area contributed by atoms with Crippen LogP contribution in [0.25, 0.3) is 11.1 Å². The lowest BCUT2D eigenvalue weighted by Gasteiger charge is -2.04. The SMILES string of the molecule is Cc1ccc(-c2ccc(C)cc2)cc1.Cc1ccc(OC(=O)c2ccc(C)cc2)cc1. The molecule has 0 saturated heterocycles. The van der Waals surface area contributed by atoms with E-state index in [9.17, 15) is 4.79 Å². The van der Waals surface area contributed by atoms with Crippen molar-refractivity contribution in [2.24, 2.45) is 0 Å². The number of aryl methyl sites for hydroxylation is 4. The predicted octanol–water partition coefficient (Wildman–Crippen LogP) is 7.49. The molecule has 0 spiro atoms. The van der Waals surface area contributed by atoms with E-state index in [4.69, 9.17) is 4.74 Å². The monoisotopic (exact) mass is 408 g/mol. The first-order chi connectivity index (χ1) is 14.9. The summed E-state index contributed by atoms with van der Waals surface area (Å²) in [5.41, 5.74) is 8.01. The number of rotatable bonds is 3. The maximum absolute atomic E-state index is 11.8. The van der Waals surface area contributed by atoms with Crippen molar-refractivity contribution in [1.82, 2.24) is 0 Å². The lowest BCUT2D eigenvalue weighted by atomic mass is 10.0.